The van der Waals surface area contributed by atoms with Gasteiger partial charge in [-0.15, -0.1) is 11.3 Å². The van der Waals surface area contributed by atoms with Crippen LogP contribution in [0.4, 0.5) is 0 Å². The Morgan fingerprint density at radius 1 is 0.862 bits per heavy atom. The number of aryl methyl sites for hydroxylation is 1. The molecule has 8 aromatic rings. The molecule has 0 unspecified atom stereocenters. The lowest BCUT2D eigenvalue weighted by Gasteiger charge is -2.50. The Morgan fingerprint density at radius 3 is 2.21 bits per heavy atom. The highest BCUT2D eigenvalue weighted by atomic mass is 32.1. The molecule has 3 aromatic heterocycles. The number of para-hydroxylation sites is 2. The van der Waals surface area contributed by atoms with Crippen LogP contribution >= 0.6 is 11.3 Å². The lowest BCUT2D eigenvalue weighted by molar-refractivity contribution is -0.264. The quantitative estimate of drug-likeness (QED) is 0.0473. The van der Waals surface area contributed by atoms with E-state index >= 15 is 0 Å². The average Bonchev–Trinajstić information content (AvgIpc) is 1.52. The van der Waals surface area contributed by atoms with Crippen LogP contribution < -0.4 is 20.7 Å². The van der Waals surface area contributed by atoms with Gasteiger partial charge in [0.1, 0.15) is 36.8 Å². The summed E-state index contributed by atoms with van der Waals surface area (Å²) >= 11 is 1.57. The zero-order valence-corrected chi connectivity index (χ0v) is 50.9. The first-order valence-corrected chi connectivity index (χ1v) is 30.6. The summed E-state index contributed by atoms with van der Waals surface area (Å²) in [6.07, 6.45) is -1.47. The summed E-state index contributed by atoms with van der Waals surface area (Å²) in [6.45, 7) is 12.1. The summed E-state index contributed by atoms with van der Waals surface area (Å²) < 4.78 is 41.4. The van der Waals surface area contributed by atoms with Gasteiger partial charge in [0.25, 0.3) is 11.8 Å². The van der Waals surface area contributed by atoms with E-state index in [1.165, 1.54) is 4.90 Å². The molecular weight excluding hydrogens is 1130 g/mol. The van der Waals surface area contributed by atoms with Gasteiger partial charge in [0.05, 0.1) is 95.5 Å². The number of carbonyl (C=O) groups excluding carboxylic acids is 5. The number of nitrogens with zero attached hydrogens (tertiary/aromatic N) is 5. The van der Waals surface area contributed by atoms with Crippen molar-refractivity contribution in [2.45, 2.75) is 109 Å². The van der Waals surface area contributed by atoms with Gasteiger partial charge >= 0.3 is 0 Å². The molecule has 4 aliphatic heterocycles. The van der Waals surface area contributed by atoms with Gasteiger partial charge in [-0.25, -0.2) is 4.98 Å². The van der Waals surface area contributed by atoms with Crippen molar-refractivity contribution in [1.29, 1.82) is 0 Å². The van der Waals surface area contributed by atoms with Crippen LogP contribution in [0.25, 0.3) is 54.1 Å². The third kappa shape index (κ3) is 11.1. The third-order valence-corrected chi connectivity index (χ3v) is 18.5. The molecule has 21 heteroatoms. The number of ether oxygens (including phenoxy) is 6. The molecule has 20 nitrogen and oxygen atoms in total. The largest absolute Gasteiger partial charge is 0.491 e. The van der Waals surface area contributed by atoms with Crippen LogP contribution in [-0.2, 0) is 56.9 Å². The van der Waals surface area contributed by atoms with Gasteiger partial charge in [-0.3, -0.25) is 24.0 Å². The number of aliphatic hydroxyl groups excluding tert-OH is 1. The SMILES string of the molecule is CO[C@@H]1[C@H](N(C)C(=O)c2ccc(OCCOCCOCCOCCC(=O)N[C@H](C(=O)N3C[C@H](O)C[C@H]3C(=O)NCc3ccc(-c4scnc4C)cc3)C(C)(C)C)cc2)C[C@H]2O[C@]1(C)n1c3ccccc3c3c4c(c5c6ccccc6n2c5c31)C(=O)NC4. The number of likely N-dealkylation sites (tertiary alicyclic amines) is 1. The number of β-amino-alcohol motifs (C(OH)–C–C–N with tert-alkyl or cyclic N) is 1. The molecule has 2 fully saturated rings. The van der Waals surface area contributed by atoms with Crippen LogP contribution in [-0.4, -0.2) is 156 Å². The number of benzene rings is 5. The molecule has 2 saturated heterocycles. The molecule has 0 spiro atoms. The van der Waals surface area contributed by atoms with Crippen LogP contribution in [0.5, 0.6) is 5.75 Å². The average molecular weight is 1200 g/mol. The minimum Gasteiger partial charge on any atom is -0.491 e. The number of likely N-dealkylation sites (N-methyl/N-ethyl adjacent to an activating group) is 1. The van der Waals surface area contributed by atoms with Gasteiger partial charge in [-0.1, -0.05) is 81.4 Å². The second-order valence-corrected chi connectivity index (χ2v) is 25.0. The zero-order valence-electron chi connectivity index (χ0n) is 50.1. The summed E-state index contributed by atoms with van der Waals surface area (Å²) in [7, 11) is 3.50. The molecule has 5 amide bonds. The van der Waals surface area contributed by atoms with Gasteiger partial charge in [0, 0.05) is 80.2 Å². The third-order valence-electron chi connectivity index (χ3n) is 17.5. The van der Waals surface area contributed by atoms with E-state index < -0.39 is 53.6 Å². The molecule has 2 bridgehead atoms. The summed E-state index contributed by atoms with van der Waals surface area (Å²) in [6, 6.07) is 29.1. The van der Waals surface area contributed by atoms with Crippen LogP contribution in [0.3, 0.4) is 0 Å². The predicted molar refractivity (Wildman–Crippen MR) is 329 cm³/mol. The van der Waals surface area contributed by atoms with E-state index in [1.54, 1.807) is 47.6 Å². The first-order valence-electron chi connectivity index (χ1n) is 29.7. The maximum Gasteiger partial charge on any atom is 0.253 e. The molecule has 7 heterocycles. The zero-order chi connectivity index (χ0) is 60.9. The molecule has 0 aliphatic carbocycles. The van der Waals surface area contributed by atoms with Gasteiger partial charge in [-0.2, -0.15) is 0 Å². The van der Waals surface area contributed by atoms with Crippen molar-refractivity contribution in [3.63, 3.8) is 0 Å². The van der Waals surface area contributed by atoms with E-state index in [0.29, 0.717) is 49.7 Å². The van der Waals surface area contributed by atoms with E-state index in [0.717, 1.165) is 70.9 Å². The second-order valence-electron chi connectivity index (χ2n) is 24.1. The van der Waals surface area contributed by atoms with E-state index in [9.17, 15) is 29.1 Å². The molecule has 87 heavy (non-hydrogen) atoms. The van der Waals surface area contributed by atoms with E-state index in [4.69, 9.17) is 28.4 Å². The maximum atomic E-state index is 14.6. The second kappa shape index (κ2) is 24.4. The summed E-state index contributed by atoms with van der Waals surface area (Å²) in [5.41, 5.74) is 8.92. The standard InChI is InChI=1S/C66H74N8O12S/c1-38-58(87-37-69-38)40-18-16-39(17-19-40)34-67-61(77)50-32-42(75)36-72(50)64(80)59(65(2,3)4)70-51(76)24-25-82-26-27-83-28-29-84-30-31-85-43-22-20-41(21-23-43)63(79)71(6)49-33-52-73-47-14-10-8-12-44(47)54-55-46(35-68-62(55)78)53-45-13-9-11-15-48(45)74(57(53)56(54)73)66(5,86-52)60(49)81-7/h8-23,37,42,49-50,52,59-60,75H,24-36H2,1-7H3,(H,67,77)(H,68,78)(H,70,76)/t42-,49-,50+,52-,59-,60-,66+/m1/s1. The van der Waals surface area contributed by atoms with Crippen molar-refractivity contribution in [1.82, 2.24) is 39.9 Å². The van der Waals surface area contributed by atoms with Gasteiger partial charge in [-0.05, 0) is 72.4 Å². The fourth-order valence-corrected chi connectivity index (χ4v) is 14.2. The van der Waals surface area contributed by atoms with Crippen molar-refractivity contribution in [3.8, 4) is 16.2 Å². The number of nitrogens with one attached hydrogen (secondary N) is 3. The number of methoxy groups -OCH3 is 1. The van der Waals surface area contributed by atoms with E-state index in [1.807, 2.05) is 88.8 Å². The van der Waals surface area contributed by atoms with Crippen molar-refractivity contribution in [2.75, 3.05) is 67.0 Å². The molecular formula is C66H74N8O12S. The Kier molecular flexibility index (Phi) is 16.7. The number of aliphatic hydroxyl groups is 1. The Labute approximate surface area is 507 Å². The lowest BCUT2D eigenvalue weighted by Crippen LogP contribution is -2.61. The van der Waals surface area contributed by atoms with Crippen molar-refractivity contribution >= 4 is 84.5 Å². The minimum absolute atomic E-state index is 0.00517. The number of hydrogen-bond acceptors (Lipinski definition) is 14. The number of aromatic nitrogens is 3. The normalized spacial score (nSPS) is 20.9. The first kappa shape index (κ1) is 59.6. The highest BCUT2D eigenvalue weighted by Gasteiger charge is 2.55. The van der Waals surface area contributed by atoms with Crippen molar-refractivity contribution < 1.29 is 57.5 Å². The van der Waals surface area contributed by atoms with Gasteiger partial charge in [0.2, 0.25) is 17.7 Å². The predicted octanol–water partition coefficient (Wildman–Crippen LogP) is 7.97. The summed E-state index contributed by atoms with van der Waals surface area (Å²) in [5, 5.41) is 23.5. The number of thiazole rings is 1. The molecule has 12 rings (SSSR count). The number of carbonyl (C=O) groups is 5. The highest BCUT2D eigenvalue weighted by molar-refractivity contribution is 7.13. The Bertz CT molecular complexity index is 3930. The molecule has 4 N–H and O–H groups in total. The topological polar surface area (TPSA) is 226 Å². The van der Waals surface area contributed by atoms with Crippen LogP contribution in [0.2, 0.25) is 0 Å². The highest BCUT2D eigenvalue weighted by Crippen LogP contribution is 2.54. The fourth-order valence-electron chi connectivity index (χ4n) is 13.4. The molecule has 5 aromatic carbocycles. The Morgan fingerprint density at radius 2 is 1.53 bits per heavy atom. The first-order chi connectivity index (χ1) is 42.0. The van der Waals surface area contributed by atoms with Crippen LogP contribution in [0.15, 0.2) is 103 Å². The number of rotatable bonds is 22. The number of hydrogen-bond donors (Lipinski definition) is 4. The number of fused-ring (bicyclic) bond motifs is 13. The monoisotopic (exact) mass is 1200 g/mol. The van der Waals surface area contributed by atoms with Crippen molar-refractivity contribution in [2.24, 2.45) is 5.41 Å². The van der Waals surface area contributed by atoms with Crippen LogP contribution in [0.1, 0.15) is 90.7 Å². The lowest BCUT2D eigenvalue weighted by atomic mass is 9.85. The van der Waals surface area contributed by atoms with Crippen molar-refractivity contribution in [3.05, 3.63) is 131 Å². The van der Waals surface area contributed by atoms with Gasteiger partial charge < -0.3 is 68.4 Å². The summed E-state index contributed by atoms with van der Waals surface area (Å²) in [5.74, 6) is -0.861. The minimum atomic E-state index is -1.09. The molecule has 0 saturated carbocycles. The molecule has 0 radical (unpaired) electrons. The van der Waals surface area contributed by atoms with Gasteiger partial charge in [0.15, 0.2) is 5.72 Å². The Hall–Kier alpha value is -7.76. The van der Waals surface area contributed by atoms with Crippen LogP contribution in [0, 0.1) is 12.3 Å². The summed E-state index contributed by atoms with van der Waals surface area (Å²) in [4.78, 5) is 77.7. The molecule has 4 aliphatic rings. The smallest absolute Gasteiger partial charge is 0.253 e. The fraction of sp³-hybridized carbons (Fsp3) is 0.424. The molecule has 7 atom stereocenters. The molecule has 456 valence electrons. The maximum absolute atomic E-state index is 14.6. The van der Waals surface area contributed by atoms with E-state index in [-0.39, 0.29) is 76.0 Å². The number of amides is 5. The van der Waals surface area contributed by atoms with E-state index in [2.05, 4.69) is 61.3 Å². The Balaban J connectivity index is 0.578.